The van der Waals surface area contributed by atoms with Crippen LogP contribution in [-0.2, 0) is 19.5 Å². The van der Waals surface area contributed by atoms with Gasteiger partial charge >= 0.3 is 0 Å². The predicted molar refractivity (Wildman–Crippen MR) is 110 cm³/mol. The normalized spacial score (nSPS) is 17.0. The molecule has 1 aromatic heterocycles. The lowest BCUT2D eigenvalue weighted by molar-refractivity contribution is 0.392. The number of guanidine groups is 1. The summed E-state index contributed by atoms with van der Waals surface area (Å²) in [5.74, 6) is 1.89. The van der Waals surface area contributed by atoms with Crippen LogP contribution in [0.15, 0.2) is 34.0 Å². The Bertz CT molecular complexity index is 714. The minimum Gasteiger partial charge on any atom is -0.352 e. The van der Waals surface area contributed by atoms with Crippen molar-refractivity contribution in [1.82, 2.24) is 25.4 Å². The Labute approximate surface area is 167 Å². The third-order valence-electron chi connectivity index (χ3n) is 4.12. The van der Waals surface area contributed by atoms with Crippen LogP contribution in [0.5, 0.6) is 0 Å². The maximum atomic E-state index is 4.33. The molecule has 3 rings (SSSR count). The quantitative estimate of drug-likeness (QED) is 0.383. The molecule has 1 aromatic carbocycles. The molecular formula is C16H22BrIN6. The Hall–Kier alpha value is -1.16. The van der Waals surface area contributed by atoms with Gasteiger partial charge in [0.2, 0.25) is 0 Å². The van der Waals surface area contributed by atoms with Crippen molar-refractivity contribution in [3.8, 4) is 0 Å². The Morgan fingerprint density at radius 2 is 2.29 bits per heavy atom. The Morgan fingerprint density at radius 3 is 3.04 bits per heavy atom. The van der Waals surface area contributed by atoms with Crippen LogP contribution in [0, 0.1) is 6.92 Å². The number of aryl methyl sites for hydroxylation is 2. The first kappa shape index (κ1) is 19.2. The van der Waals surface area contributed by atoms with Gasteiger partial charge in [0.05, 0.1) is 6.54 Å². The molecule has 0 radical (unpaired) electrons. The summed E-state index contributed by atoms with van der Waals surface area (Å²) < 4.78 is 3.07. The number of halogens is 2. The van der Waals surface area contributed by atoms with Crippen LogP contribution in [0.2, 0.25) is 0 Å². The number of aromatic nitrogens is 3. The first-order chi connectivity index (χ1) is 11.2. The van der Waals surface area contributed by atoms with Gasteiger partial charge in [0.1, 0.15) is 12.2 Å². The minimum absolute atomic E-state index is 0. The first-order valence-corrected chi connectivity index (χ1v) is 8.54. The van der Waals surface area contributed by atoms with Crippen molar-refractivity contribution in [2.75, 3.05) is 7.05 Å². The fourth-order valence-electron chi connectivity index (χ4n) is 2.78. The van der Waals surface area contributed by atoms with Crippen molar-refractivity contribution in [1.29, 1.82) is 0 Å². The van der Waals surface area contributed by atoms with Crippen molar-refractivity contribution in [3.05, 3.63) is 46.0 Å². The Balaban J connectivity index is 0.00000208. The van der Waals surface area contributed by atoms with Crippen molar-refractivity contribution < 1.29 is 0 Å². The second-order valence-corrected chi connectivity index (χ2v) is 6.65. The molecule has 6 nitrogen and oxygen atoms in total. The van der Waals surface area contributed by atoms with Gasteiger partial charge in [0.15, 0.2) is 5.96 Å². The van der Waals surface area contributed by atoms with Gasteiger partial charge in [0, 0.05) is 30.5 Å². The maximum Gasteiger partial charge on any atom is 0.191 e. The number of benzene rings is 1. The third kappa shape index (κ3) is 4.69. The molecule has 0 spiro atoms. The summed E-state index contributed by atoms with van der Waals surface area (Å²) in [6.07, 6.45) is 3.61. The van der Waals surface area contributed by atoms with Gasteiger partial charge in [-0.25, -0.2) is 9.67 Å². The summed E-state index contributed by atoms with van der Waals surface area (Å²) in [4.78, 5) is 8.59. The number of fused-ring (bicyclic) bond motifs is 1. The van der Waals surface area contributed by atoms with Gasteiger partial charge < -0.3 is 10.6 Å². The standard InChI is InChI=1S/C16H21BrN6.HI/c1-11-7-13(17)4-3-12(11)8-19-16(18-2)22-14-5-6-15-20-10-21-23(15)9-14;/h3-4,7,10,14H,5-6,8-9H2,1-2H3,(H2,18,19,22);1H. The molecule has 0 amide bonds. The number of hydrogen-bond acceptors (Lipinski definition) is 3. The molecule has 1 atom stereocenters. The Morgan fingerprint density at radius 1 is 1.46 bits per heavy atom. The highest BCUT2D eigenvalue weighted by Crippen LogP contribution is 2.15. The summed E-state index contributed by atoms with van der Waals surface area (Å²) in [6.45, 7) is 3.69. The monoisotopic (exact) mass is 504 g/mol. The van der Waals surface area contributed by atoms with E-state index in [0.29, 0.717) is 6.04 Å². The molecular weight excluding hydrogens is 483 g/mol. The highest BCUT2D eigenvalue weighted by molar-refractivity contribution is 14.0. The van der Waals surface area contributed by atoms with E-state index in [1.165, 1.54) is 11.1 Å². The molecule has 8 heteroatoms. The maximum absolute atomic E-state index is 4.33. The summed E-state index contributed by atoms with van der Waals surface area (Å²) in [6, 6.07) is 6.64. The summed E-state index contributed by atoms with van der Waals surface area (Å²) >= 11 is 3.50. The minimum atomic E-state index is 0. The number of rotatable bonds is 3. The van der Waals surface area contributed by atoms with Crippen LogP contribution in [0.4, 0.5) is 0 Å². The Kier molecular flexibility index (Phi) is 7.02. The molecule has 1 unspecified atom stereocenters. The van der Waals surface area contributed by atoms with Crippen LogP contribution in [0.25, 0.3) is 0 Å². The number of aliphatic imine (C=N–C) groups is 1. The summed E-state index contributed by atoms with van der Waals surface area (Å²) in [5, 5.41) is 11.1. The molecule has 24 heavy (non-hydrogen) atoms. The SMILES string of the molecule is CN=C(NCc1ccc(Br)cc1C)NC1CCc2ncnn2C1.I. The lowest BCUT2D eigenvalue weighted by Crippen LogP contribution is -2.46. The molecule has 0 bridgehead atoms. The van der Waals surface area contributed by atoms with Crippen LogP contribution in [0.1, 0.15) is 23.4 Å². The average Bonchev–Trinajstić information content (AvgIpc) is 3.00. The largest absolute Gasteiger partial charge is 0.352 e. The van der Waals surface area contributed by atoms with E-state index in [2.05, 4.69) is 66.8 Å². The van der Waals surface area contributed by atoms with E-state index in [1.807, 2.05) is 4.68 Å². The van der Waals surface area contributed by atoms with Gasteiger partial charge in [0.25, 0.3) is 0 Å². The zero-order chi connectivity index (χ0) is 16.2. The molecule has 2 aromatic rings. The van der Waals surface area contributed by atoms with Gasteiger partial charge in [-0.05, 0) is 36.6 Å². The number of nitrogens with zero attached hydrogens (tertiary/aromatic N) is 4. The van der Waals surface area contributed by atoms with Crippen LogP contribution >= 0.6 is 39.9 Å². The van der Waals surface area contributed by atoms with Gasteiger partial charge in [-0.1, -0.05) is 22.0 Å². The molecule has 2 N–H and O–H groups in total. The lowest BCUT2D eigenvalue weighted by atomic mass is 10.1. The van der Waals surface area contributed by atoms with E-state index in [4.69, 9.17) is 0 Å². The summed E-state index contributed by atoms with van der Waals surface area (Å²) in [7, 11) is 1.80. The highest BCUT2D eigenvalue weighted by atomic mass is 127. The van der Waals surface area contributed by atoms with E-state index >= 15 is 0 Å². The molecule has 1 aliphatic rings. The van der Waals surface area contributed by atoms with Gasteiger partial charge in [-0.15, -0.1) is 24.0 Å². The smallest absolute Gasteiger partial charge is 0.191 e. The van der Waals surface area contributed by atoms with E-state index < -0.39 is 0 Å². The van der Waals surface area contributed by atoms with Gasteiger partial charge in [-0.2, -0.15) is 5.10 Å². The molecule has 0 fully saturated rings. The molecule has 0 saturated carbocycles. The highest BCUT2D eigenvalue weighted by Gasteiger charge is 2.20. The van der Waals surface area contributed by atoms with E-state index in [-0.39, 0.29) is 24.0 Å². The van der Waals surface area contributed by atoms with E-state index in [1.54, 1.807) is 13.4 Å². The fourth-order valence-corrected chi connectivity index (χ4v) is 3.26. The van der Waals surface area contributed by atoms with Crippen molar-refractivity contribution in [2.45, 2.75) is 38.9 Å². The lowest BCUT2D eigenvalue weighted by Gasteiger charge is -2.25. The number of nitrogens with one attached hydrogen (secondary N) is 2. The van der Waals surface area contributed by atoms with Crippen molar-refractivity contribution in [2.24, 2.45) is 4.99 Å². The third-order valence-corrected chi connectivity index (χ3v) is 4.61. The van der Waals surface area contributed by atoms with Crippen LogP contribution in [-0.4, -0.2) is 33.8 Å². The topological polar surface area (TPSA) is 67.1 Å². The van der Waals surface area contributed by atoms with Crippen LogP contribution in [0.3, 0.4) is 0 Å². The molecule has 1 aliphatic heterocycles. The molecule has 130 valence electrons. The van der Waals surface area contributed by atoms with E-state index in [0.717, 1.165) is 42.2 Å². The molecule has 0 saturated heterocycles. The molecule has 0 aliphatic carbocycles. The predicted octanol–water partition coefficient (Wildman–Crippen LogP) is 2.65. The second-order valence-electron chi connectivity index (χ2n) is 5.73. The van der Waals surface area contributed by atoms with Crippen molar-refractivity contribution >= 4 is 45.9 Å². The second kappa shape index (κ2) is 8.80. The van der Waals surface area contributed by atoms with Crippen LogP contribution < -0.4 is 10.6 Å². The van der Waals surface area contributed by atoms with Crippen molar-refractivity contribution in [3.63, 3.8) is 0 Å². The zero-order valence-corrected chi connectivity index (χ0v) is 17.7. The molecule has 2 heterocycles. The van der Waals surface area contributed by atoms with Gasteiger partial charge in [-0.3, -0.25) is 4.99 Å². The fraction of sp³-hybridized carbons (Fsp3) is 0.438. The van der Waals surface area contributed by atoms with E-state index in [9.17, 15) is 0 Å². The first-order valence-electron chi connectivity index (χ1n) is 7.74. The zero-order valence-electron chi connectivity index (χ0n) is 13.8. The average molecular weight is 505 g/mol. The number of hydrogen-bond donors (Lipinski definition) is 2. The summed E-state index contributed by atoms with van der Waals surface area (Å²) in [5.41, 5.74) is 2.52.